The summed E-state index contributed by atoms with van der Waals surface area (Å²) in [6.45, 7) is 1.46. The lowest BCUT2D eigenvalue weighted by molar-refractivity contribution is 0.0789. The third-order valence-electron chi connectivity index (χ3n) is 7.43. The normalized spacial score (nSPS) is 17.4. The Bertz CT molecular complexity index is 1410. The van der Waals surface area contributed by atoms with E-state index in [4.69, 9.17) is 0 Å². The molecule has 4 atom stereocenters. The van der Waals surface area contributed by atoms with Gasteiger partial charge in [-0.1, -0.05) is 145 Å². The van der Waals surface area contributed by atoms with Crippen LogP contribution in [-0.2, 0) is 0 Å². The average Bonchev–Trinajstić information content (AvgIpc) is 3.45. The molecule has 1 aliphatic heterocycles. The van der Waals surface area contributed by atoms with Crippen molar-refractivity contribution in [1.82, 2.24) is 4.90 Å². The Balaban J connectivity index is 1.25. The lowest BCUT2D eigenvalue weighted by atomic mass is 9.84. The largest absolute Gasteiger partial charge is 0.337 e. The summed E-state index contributed by atoms with van der Waals surface area (Å²) < 4.78 is 0. The van der Waals surface area contributed by atoms with Crippen molar-refractivity contribution in [2.75, 3.05) is 13.1 Å². The molecule has 1 heterocycles. The van der Waals surface area contributed by atoms with Crippen molar-refractivity contribution >= 4 is 44.3 Å². The zero-order valence-electron chi connectivity index (χ0n) is 21.7. The van der Waals surface area contributed by atoms with Gasteiger partial charge in [0.2, 0.25) is 0 Å². The van der Waals surface area contributed by atoms with Gasteiger partial charge in [-0.3, -0.25) is 4.79 Å². The first kappa shape index (κ1) is 25.7. The molecular weight excluding hydrogens is 512 g/mol. The van der Waals surface area contributed by atoms with E-state index < -0.39 is 0 Å². The maximum atomic E-state index is 13.4. The maximum Gasteiger partial charge on any atom is 0.253 e. The monoisotopic (exact) mass is 543 g/mol. The third kappa shape index (κ3) is 6.20. The molecule has 0 N–H and O–H groups in total. The molecule has 0 aromatic heterocycles. The zero-order valence-corrected chi connectivity index (χ0v) is 23.7. The third-order valence-corrected chi connectivity index (χ3v) is 9.92. The van der Waals surface area contributed by atoms with Crippen LogP contribution in [0.15, 0.2) is 140 Å². The van der Waals surface area contributed by atoms with Crippen LogP contribution in [0.3, 0.4) is 0 Å². The Labute approximate surface area is 234 Å². The smallest absolute Gasteiger partial charge is 0.253 e. The topological polar surface area (TPSA) is 20.3 Å². The second kappa shape index (κ2) is 12.1. The molecule has 192 valence electrons. The van der Waals surface area contributed by atoms with Crippen LogP contribution in [0.5, 0.6) is 0 Å². The molecule has 0 spiro atoms. The highest BCUT2D eigenvalue weighted by molar-refractivity contribution is 7.55. The Morgan fingerprint density at radius 2 is 0.846 bits per heavy atom. The fourth-order valence-corrected chi connectivity index (χ4v) is 7.46. The van der Waals surface area contributed by atoms with Gasteiger partial charge in [0, 0.05) is 30.5 Å². The van der Waals surface area contributed by atoms with Gasteiger partial charge in [-0.2, -0.15) is 0 Å². The first-order chi connectivity index (χ1) is 19.2. The van der Waals surface area contributed by atoms with Crippen LogP contribution in [0, 0.1) is 0 Å². The summed E-state index contributed by atoms with van der Waals surface area (Å²) >= 11 is 0. The van der Waals surface area contributed by atoms with Gasteiger partial charge in [-0.15, -0.1) is 0 Å². The van der Waals surface area contributed by atoms with Gasteiger partial charge in [0.1, 0.15) is 0 Å². The predicted molar refractivity (Wildman–Crippen MR) is 169 cm³/mol. The van der Waals surface area contributed by atoms with Crippen LogP contribution < -0.4 is 21.2 Å². The summed E-state index contributed by atoms with van der Waals surface area (Å²) in [5, 5.41) is 5.37. The Kier molecular flexibility index (Phi) is 7.96. The molecule has 5 aromatic carbocycles. The minimum atomic E-state index is 0.118. The lowest BCUT2D eigenvalue weighted by Gasteiger charge is -2.20. The van der Waals surface area contributed by atoms with Crippen molar-refractivity contribution < 1.29 is 4.79 Å². The number of benzene rings is 5. The van der Waals surface area contributed by atoms with Crippen LogP contribution in [0.2, 0.25) is 0 Å². The fraction of sp³-hybridized carbons (Fsp3) is 0.114. The van der Waals surface area contributed by atoms with Crippen molar-refractivity contribution in [3.8, 4) is 0 Å². The molecule has 6 rings (SSSR count). The van der Waals surface area contributed by atoms with Gasteiger partial charge in [0.15, 0.2) is 0 Å². The molecule has 4 heteroatoms. The van der Waals surface area contributed by atoms with Crippen molar-refractivity contribution in [3.05, 3.63) is 156 Å². The highest BCUT2D eigenvalue weighted by Gasteiger charge is 2.37. The molecule has 0 aliphatic carbocycles. The number of hydrogen-bond acceptors (Lipinski definition) is 1. The molecule has 2 unspecified atom stereocenters. The first-order valence-corrected chi connectivity index (χ1v) is 15.4. The first-order valence-electron chi connectivity index (χ1n) is 13.4. The van der Waals surface area contributed by atoms with Gasteiger partial charge >= 0.3 is 0 Å². The highest BCUT2D eigenvalue weighted by Crippen LogP contribution is 2.40. The van der Waals surface area contributed by atoms with E-state index in [1.807, 2.05) is 35.2 Å². The van der Waals surface area contributed by atoms with Crippen LogP contribution >= 0.6 is 17.2 Å². The molecule has 0 saturated carbocycles. The van der Waals surface area contributed by atoms with E-state index in [2.05, 4.69) is 109 Å². The maximum absolute atomic E-state index is 13.4. The van der Waals surface area contributed by atoms with Crippen LogP contribution in [-0.4, -0.2) is 23.9 Å². The Morgan fingerprint density at radius 3 is 1.26 bits per heavy atom. The van der Waals surface area contributed by atoms with Gasteiger partial charge in [0.25, 0.3) is 5.91 Å². The number of hydrogen-bond donors (Lipinski definition) is 0. The summed E-state index contributed by atoms with van der Waals surface area (Å²) in [4.78, 5) is 15.5. The summed E-state index contributed by atoms with van der Waals surface area (Å²) in [7, 11) is 1.29. The summed E-state index contributed by atoms with van der Waals surface area (Å²) in [6.07, 6.45) is 0. The lowest BCUT2D eigenvalue weighted by Crippen LogP contribution is -2.28. The number of likely N-dealkylation sites (tertiary alicyclic amines) is 1. The molecule has 39 heavy (non-hydrogen) atoms. The predicted octanol–water partition coefficient (Wildman–Crippen LogP) is 5.97. The second-order valence-electron chi connectivity index (χ2n) is 10.0. The molecule has 0 bridgehead atoms. The number of nitrogens with zero attached hydrogens (tertiary/aromatic N) is 1. The van der Waals surface area contributed by atoms with Crippen LogP contribution in [0.25, 0.3) is 0 Å². The van der Waals surface area contributed by atoms with E-state index in [0.29, 0.717) is 17.2 Å². The van der Waals surface area contributed by atoms with Crippen molar-refractivity contribution in [2.24, 2.45) is 0 Å². The van der Waals surface area contributed by atoms with E-state index in [1.54, 1.807) is 0 Å². The number of rotatable bonds is 7. The van der Waals surface area contributed by atoms with Gasteiger partial charge < -0.3 is 4.90 Å². The minimum absolute atomic E-state index is 0.118. The fourth-order valence-electron chi connectivity index (χ4n) is 5.41. The van der Waals surface area contributed by atoms with Crippen LogP contribution in [0.4, 0.5) is 0 Å². The summed E-state index contributed by atoms with van der Waals surface area (Å²) in [6, 6.07) is 49.2. The number of amides is 1. The SMILES string of the molecule is O=C(c1ccccc1)N1C[C@@H](c2ccc(Pc3ccccc3)cc2)[C@H](c2ccc(Pc3ccccc3)cc2)C1. The van der Waals surface area contributed by atoms with E-state index in [1.165, 1.54) is 32.3 Å². The Hall–Kier alpha value is -3.57. The molecule has 1 saturated heterocycles. The highest BCUT2D eigenvalue weighted by atomic mass is 31.1. The van der Waals surface area contributed by atoms with Crippen molar-refractivity contribution in [2.45, 2.75) is 11.8 Å². The Morgan fingerprint density at radius 1 is 0.487 bits per heavy atom. The standard InChI is InChI=1S/C35H31NOP2/c37-35(28-10-4-1-5-11-28)36-24-33(26-16-20-31(21-17-26)38-29-12-6-2-7-13-29)34(25-36)27-18-22-32(23-19-27)39-30-14-8-3-9-15-30/h1-23,33-34,38-39H,24-25H2/t33-,34-/m0/s1. The van der Waals surface area contributed by atoms with Crippen molar-refractivity contribution in [3.63, 3.8) is 0 Å². The molecular formula is C35H31NOP2. The van der Waals surface area contributed by atoms with E-state index in [0.717, 1.165) is 18.7 Å². The summed E-state index contributed by atoms with van der Waals surface area (Å²) in [5.41, 5.74) is 3.37. The zero-order chi connectivity index (χ0) is 26.4. The van der Waals surface area contributed by atoms with Gasteiger partial charge in [0.05, 0.1) is 0 Å². The molecule has 2 nitrogen and oxygen atoms in total. The van der Waals surface area contributed by atoms with Crippen LogP contribution in [0.1, 0.15) is 33.3 Å². The summed E-state index contributed by atoms with van der Waals surface area (Å²) in [5.74, 6) is 0.635. The van der Waals surface area contributed by atoms with Gasteiger partial charge in [-0.05, 0) is 44.5 Å². The minimum Gasteiger partial charge on any atom is -0.337 e. The molecule has 1 aliphatic rings. The van der Waals surface area contributed by atoms with E-state index in [9.17, 15) is 4.79 Å². The molecule has 0 radical (unpaired) electrons. The molecule has 1 fully saturated rings. The molecule has 1 amide bonds. The average molecular weight is 544 g/mol. The van der Waals surface area contributed by atoms with Gasteiger partial charge in [-0.25, -0.2) is 0 Å². The second-order valence-corrected chi connectivity index (χ2v) is 12.8. The number of carbonyl (C=O) groups excluding carboxylic acids is 1. The quantitative estimate of drug-likeness (QED) is 0.232. The molecule has 5 aromatic rings. The van der Waals surface area contributed by atoms with Crippen molar-refractivity contribution in [1.29, 1.82) is 0 Å². The van der Waals surface area contributed by atoms with E-state index >= 15 is 0 Å². The van der Waals surface area contributed by atoms with E-state index in [-0.39, 0.29) is 17.7 Å². The number of carbonyl (C=O) groups is 1.